The van der Waals surface area contributed by atoms with Crippen LogP contribution in [-0.2, 0) is 0 Å². The quantitative estimate of drug-likeness (QED) is 0.400. The molecule has 0 unspecified atom stereocenters. The number of fused-ring (bicyclic) bond motifs is 7. The van der Waals surface area contributed by atoms with Crippen molar-refractivity contribution in [3.63, 3.8) is 0 Å². The molecule has 0 atom stereocenters. The van der Waals surface area contributed by atoms with Gasteiger partial charge in [-0.25, -0.2) is 0 Å². The van der Waals surface area contributed by atoms with Crippen LogP contribution in [0.5, 0.6) is 0 Å². The van der Waals surface area contributed by atoms with Crippen LogP contribution in [0.25, 0.3) is 32.7 Å². The van der Waals surface area contributed by atoms with Gasteiger partial charge in [-0.3, -0.25) is 0 Å². The largest absolute Gasteiger partial charge is 0.107 e. The van der Waals surface area contributed by atoms with Crippen LogP contribution in [0, 0.1) is 0 Å². The number of hydrogen-bond acceptors (Lipinski definition) is 0. The predicted octanol–water partition coefficient (Wildman–Crippen LogP) is 5.59. The summed E-state index contributed by atoms with van der Waals surface area (Å²) in [6.07, 6.45) is 1.23. The van der Waals surface area contributed by atoms with Gasteiger partial charge in [0.05, 0.1) is 20.1 Å². The van der Waals surface area contributed by atoms with Crippen LogP contribution < -0.4 is 10.6 Å². The smallest absolute Gasteiger partial charge is 0.0616 e. The third kappa shape index (κ3) is 1.67. The van der Waals surface area contributed by atoms with E-state index in [9.17, 15) is 0 Å². The average Bonchev–Trinajstić information content (AvgIpc) is 2.92. The van der Waals surface area contributed by atoms with Crippen LogP contribution in [0.1, 0.15) is 6.92 Å². The fourth-order valence-electron chi connectivity index (χ4n) is 4.34. The summed E-state index contributed by atoms with van der Waals surface area (Å²) >= 11 is 0. The highest BCUT2D eigenvalue weighted by atomic mass is 31.2. The summed E-state index contributed by atoms with van der Waals surface area (Å²) in [4.78, 5) is 0. The molecule has 0 bridgehead atoms. The molecule has 1 aliphatic rings. The Hall–Kier alpha value is -2.17. The summed E-state index contributed by atoms with van der Waals surface area (Å²) in [5.74, 6) is 0. The highest BCUT2D eigenvalue weighted by molar-refractivity contribution is 7.90. The van der Waals surface area contributed by atoms with E-state index in [1.807, 2.05) is 0 Å². The van der Waals surface area contributed by atoms with Gasteiger partial charge in [0.25, 0.3) is 0 Å². The van der Waals surface area contributed by atoms with Crippen LogP contribution in [-0.4, -0.2) is 12.8 Å². The molecule has 24 heavy (non-hydrogen) atoms. The fraction of sp³-hybridized carbons (Fsp3) is 0.130. The van der Waals surface area contributed by atoms with Gasteiger partial charge in [0.1, 0.15) is 10.6 Å². The topological polar surface area (TPSA) is 0 Å². The van der Waals surface area contributed by atoms with Crippen LogP contribution in [0.15, 0.2) is 72.8 Å². The molecule has 4 aromatic carbocycles. The van der Waals surface area contributed by atoms with Gasteiger partial charge in [0.2, 0.25) is 0 Å². The zero-order chi connectivity index (χ0) is 16.3. The van der Waals surface area contributed by atoms with Gasteiger partial charge in [-0.05, 0) is 40.6 Å². The maximum Gasteiger partial charge on any atom is 0.107 e. The molecule has 0 radical (unpaired) electrons. The molecule has 0 N–H and O–H groups in total. The first-order valence-corrected chi connectivity index (χ1v) is 11.1. The molecule has 0 saturated heterocycles. The molecule has 1 heterocycles. The molecule has 0 nitrogen and oxygen atoms in total. The lowest BCUT2D eigenvalue weighted by Crippen LogP contribution is -2.17. The van der Waals surface area contributed by atoms with Gasteiger partial charge in [0.15, 0.2) is 0 Å². The third-order valence-corrected chi connectivity index (χ3v) is 9.90. The van der Waals surface area contributed by atoms with Crippen molar-refractivity contribution >= 4 is 39.4 Å². The standard InChI is InChI=1S/C23H20P/c1-3-24(2)20-14-12-16-8-4-6-10-18(16)22(20)23-19-11-7-5-9-17(19)13-15-21(23)24/h4-15H,3H2,1-2H3/q+1. The van der Waals surface area contributed by atoms with Crippen LogP contribution in [0.4, 0.5) is 0 Å². The number of rotatable bonds is 1. The third-order valence-electron chi connectivity index (χ3n) is 5.76. The molecule has 5 rings (SSSR count). The number of hydrogen-bond donors (Lipinski definition) is 0. The van der Waals surface area contributed by atoms with Gasteiger partial charge in [0, 0.05) is 11.1 Å². The second kappa shape index (κ2) is 4.91. The second-order valence-electron chi connectivity index (χ2n) is 6.87. The summed E-state index contributed by atoms with van der Waals surface area (Å²) < 4.78 is 0. The monoisotopic (exact) mass is 327 g/mol. The summed E-state index contributed by atoms with van der Waals surface area (Å²) in [5.41, 5.74) is 3.00. The molecule has 1 aliphatic heterocycles. The fourth-order valence-corrected chi connectivity index (χ4v) is 7.54. The Balaban J connectivity index is 2.05. The van der Waals surface area contributed by atoms with Crippen molar-refractivity contribution in [2.45, 2.75) is 6.92 Å². The van der Waals surface area contributed by atoms with E-state index in [1.54, 1.807) is 10.6 Å². The van der Waals surface area contributed by atoms with Crippen molar-refractivity contribution in [1.29, 1.82) is 0 Å². The first kappa shape index (κ1) is 14.2. The summed E-state index contributed by atoms with van der Waals surface area (Å²) in [5, 5.41) is 8.69. The van der Waals surface area contributed by atoms with Gasteiger partial charge in [-0.1, -0.05) is 60.7 Å². The Kier molecular flexibility index (Phi) is 2.91. The van der Waals surface area contributed by atoms with E-state index in [0.29, 0.717) is 0 Å². The maximum absolute atomic E-state index is 2.52. The molecule has 0 amide bonds. The van der Waals surface area contributed by atoms with Crippen LogP contribution in [0.3, 0.4) is 0 Å². The molecular formula is C23H20P+. The molecule has 0 aliphatic carbocycles. The first-order valence-electron chi connectivity index (χ1n) is 8.64. The second-order valence-corrected chi connectivity index (χ2v) is 10.8. The molecule has 116 valence electrons. The molecular weight excluding hydrogens is 307 g/mol. The molecule has 0 aromatic heterocycles. The lowest BCUT2D eigenvalue weighted by atomic mass is 9.94. The zero-order valence-electron chi connectivity index (χ0n) is 14.1. The highest BCUT2D eigenvalue weighted by Gasteiger charge is 2.47. The predicted molar refractivity (Wildman–Crippen MR) is 110 cm³/mol. The molecule has 0 spiro atoms. The van der Waals surface area contributed by atoms with Crippen molar-refractivity contribution in [2.24, 2.45) is 0 Å². The van der Waals surface area contributed by atoms with E-state index in [-0.39, 0.29) is 0 Å². The van der Waals surface area contributed by atoms with Crippen molar-refractivity contribution < 1.29 is 0 Å². The first-order chi connectivity index (χ1) is 11.7. The Bertz CT molecular complexity index is 1020. The lowest BCUT2D eigenvalue weighted by Gasteiger charge is -2.17. The van der Waals surface area contributed by atoms with E-state index in [2.05, 4.69) is 86.4 Å². The lowest BCUT2D eigenvalue weighted by molar-refractivity contribution is 1.49. The molecule has 4 aromatic rings. The normalized spacial score (nSPS) is 14.8. The van der Waals surface area contributed by atoms with E-state index < -0.39 is 7.26 Å². The van der Waals surface area contributed by atoms with Crippen LogP contribution in [0.2, 0.25) is 0 Å². The molecule has 1 heteroatoms. The Morgan fingerprint density at radius 2 is 1.08 bits per heavy atom. The Labute approximate surface area is 143 Å². The summed E-state index contributed by atoms with van der Waals surface area (Å²) in [7, 11) is -1.29. The van der Waals surface area contributed by atoms with Crippen molar-refractivity contribution in [3.8, 4) is 11.1 Å². The van der Waals surface area contributed by atoms with Gasteiger partial charge >= 0.3 is 0 Å². The highest BCUT2D eigenvalue weighted by Crippen LogP contribution is 2.61. The van der Waals surface area contributed by atoms with E-state index in [1.165, 1.54) is 38.8 Å². The summed E-state index contributed by atoms with van der Waals surface area (Å²) in [6, 6.07) is 27.1. The minimum Gasteiger partial charge on any atom is -0.0616 e. The SMILES string of the molecule is CC[P+]1(C)c2ccc3ccccc3c2-c2c1ccc1ccccc21. The number of benzene rings is 4. The molecule has 0 fully saturated rings. The van der Waals surface area contributed by atoms with Crippen molar-refractivity contribution in [2.75, 3.05) is 12.8 Å². The van der Waals surface area contributed by atoms with Gasteiger partial charge in [-0.2, -0.15) is 0 Å². The van der Waals surface area contributed by atoms with Gasteiger partial charge in [-0.15, -0.1) is 0 Å². The zero-order valence-corrected chi connectivity index (χ0v) is 15.0. The van der Waals surface area contributed by atoms with Gasteiger partial charge < -0.3 is 0 Å². The van der Waals surface area contributed by atoms with E-state index >= 15 is 0 Å². The maximum atomic E-state index is 2.52. The Morgan fingerprint density at radius 1 is 0.625 bits per heavy atom. The van der Waals surface area contributed by atoms with Crippen molar-refractivity contribution in [1.82, 2.24) is 0 Å². The Morgan fingerprint density at radius 3 is 1.54 bits per heavy atom. The molecule has 0 saturated carbocycles. The minimum absolute atomic E-state index is 1.23. The average molecular weight is 327 g/mol. The van der Waals surface area contributed by atoms with E-state index in [0.717, 1.165) is 0 Å². The van der Waals surface area contributed by atoms with E-state index in [4.69, 9.17) is 0 Å². The summed E-state index contributed by atoms with van der Waals surface area (Å²) in [6.45, 7) is 4.87. The van der Waals surface area contributed by atoms with Crippen LogP contribution >= 0.6 is 7.26 Å². The van der Waals surface area contributed by atoms with Crippen molar-refractivity contribution in [3.05, 3.63) is 72.8 Å². The minimum atomic E-state index is -1.29.